The molecule has 1 saturated heterocycles. The number of likely N-dealkylation sites (N-methyl/N-ethyl adjacent to an activating group) is 1. The first-order chi connectivity index (χ1) is 15.8. The zero-order chi connectivity index (χ0) is 25.7. The van der Waals surface area contributed by atoms with Crippen molar-refractivity contribution in [1.29, 1.82) is 0 Å². The summed E-state index contributed by atoms with van der Waals surface area (Å²) in [4.78, 5) is 65.7. The van der Waals surface area contributed by atoms with E-state index < -0.39 is 53.0 Å². The number of ether oxygens (including phenoxy) is 2. The highest BCUT2D eigenvalue weighted by Gasteiger charge is 2.52. The summed E-state index contributed by atoms with van der Waals surface area (Å²) in [5.41, 5.74) is -1.81. The molecule has 2 aliphatic rings. The number of carbonyl (C=O) groups excluding carboxylic acids is 5. The molecule has 0 aromatic carbocycles. The number of hydrogen-bond acceptors (Lipinski definition) is 8. The van der Waals surface area contributed by atoms with Gasteiger partial charge in [-0.2, -0.15) is 0 Å². The van der Waals surface area contributed by atoms with Crippen molar-refractivity contribution >= 4 is 29.8 Å². The van der Waals surface area contributed by atoms with Crippen molar-refractivity contribution in [3.63, 3.8) is 0 Å². The predicted molar refractivity (Wildman–Crippen MR) is 122 cm³/mol. The van der Waals surface area contributed by atoms with Crippen LogP contribution < -0.4 is 16.0 Å². The van der Waals surface area contributed by atoms with E-state index in [2.05, 4.69) is 20.7 Å². The highest BCUT2D eigenvalue weighted by Crippen LogP contribution is 2.36. The van der Waals surface area contributed by atoms with Gasteiger partial charge in [0.2, 0.25) is 17.7 Å². The Morgan fingerprint density at radius 2 is 1.79 bits per heavy atom. The quantitative estimate of drug-likeness (QED) is 0.368. The molecule has 0 spiro atoms. The molecule has 0 radical (unpaired) electrons. The van der Waals surface area contributed by atoms with E-state index in [1.54, 1.807) is 39.8 Å². The maximum Gasteiger partial charge on any atom is 0.408 e. The largest absolute Gasteiger partial charge is 0.468 e. The first-order valence-corrected chi connectivity index (χ1v) is 11.4. The highest BCUT2D eigenvalue weighted by atomic mass is 16.6. The zero-order valence-electron chi connectivity index (χ0n) is 20.9. The first kappa shape index (κ1) is 27.4. The Morgan fingerprint density at radius 3 is 2.32 bits per heavy atom. The van der Waals surface area contributed by atoms with E-state index >= 15 is 0 Å². The Kier molecular flexibility index (Phi) is 8.87. The van der Waals surface area contributed by atoms with Gasteiger partial charge in [-0.1, -0.05) is 0 Å². The summed E-state index contributed by atoms with van der Waals surface area (Å²) in [6, 6.07) is -1.67. The Hall–Kier alpha value is -2.89. The summed E-state index contributed by atoms with van der Waals surface area (Å²) in [5.74, 6) is -1.87. The number of esters is 1. The molecule has 0 bridgehead atoms. The molecule has 1 aliphatic heterocycles. The fourth-order valence-corrected chi connectivity index (χ4v) is 3.75. The average Bonchev–Trinajstić information content (AvgIpc) is 3.33. The van der Waals surface area contributed by atoms with E-state index in [1.165, 1.54) is 12.0 Å². The van der Waals surface area contributed by atoms with E-state index in [0.29, 0.717) is 32.2 Å². The standard InChI is InChI=1S/C22H37N5O7/c1-21(2,3)34-20(32)24-14(13-26(4)5)18(30)27-11-7-8-15(27)17(29)25-22(9-10-22)19(31)23-12-16(28)33-6/h14-15H,7-13H2,1-6H3,(H,23,31)(H,24,32)(H,25,29)/t14-,15+/m0/s1. The fourth-order valence-electron chi connectivity index (χ4n) is 3.75. The SMILES string of the molecule is COC(=O)CNC(=O)C1(NC(=O)[C@H]2CCCN2C(=O)[C@H](CN(C)C)NC(=O)OC(C)(C)C)CC1. The van der Waals surface area contributed by atoms with Crippen LogP contribution in [0.1, 0.15) is 46.5 Å². The van der Waals surface area contributed by atoms with Crippen LogP contribution in [0.5, 0.6) is 0 Å². The molecule has 12 nitrogen and oxygen atoms in total. The number of hydrogen-bond donors (Lipinski definition) is 3. The van der Waals surface area contributed by atoms with Crippen LogP contribution in [0.3, 0.4) is 0 Å². The van der Waals surface area contributed by atoms with Crippen molar-refractivity contribution in [2.45, 2.75) is 69.7 Å². The molecule has 3 N–H and O–H groups in total. The van der Waals surface area contributed by atoms with Crippen LogP contribution >= 0.6 is 0 Å². The van der Waals surface area contributed by atoms with Gasteiger partial charge < -0.3 is 35.2 Å². The van der Waals surface area contributed by atoms with Gasteiger partial charge in [-0.15, -0.1) is 0 Å². The number of carbonyl (C=O) groups is 5. The van der Waals surface area contributed by atoms with E-state index in [-0.39, 0.29) is 13.1 Å². The van der Waals surface area contributed by atoms with Crippen molar-refractivity contribution < 1.29 is 33.4 Å². The van der Waals surface area contributed by atoms with E-state index in [9.17, 15) is 24.0 Å². The second-order valence-corrected chi connectivity index (χ2v) is 9.98. The molecule has 1 aliphatic carbocycles. The lowest BCUT2D eigenvalue weighted by Gasteiger charge is -2.31. The Labute approximate surface area is 200 Å². The summed E-state index contributed by atoms with van der Waals surface area (Å²) in [7, 11) is 4.76. The van der Waals surface area contributed by atoms with Gasteiger partial charge >= 0.3 is 12.1 Å². The normalized spacial score (nSPS) is 19.7. The van der Waals surface area contributed by atoms with Gasteiger partial charge in [0.15, 0.2) is 0 Å². The molecule has 2 rings (SSSR count). The second kappa shape index (κ2) is 11.0. The van der Waals surface area contributed by atoms with Crippen molar-refractivity contribution in [3.05, 3.63) is 0 Å². The maximum absolute atomic E-state index is 13.3. The summed E-state index contributed by atoms with van der Waals surface area (Å²) < 4.78 is 9.80. The zero-order valence-corrected chi connectivity index (χ0v) is 20.9. The van der Waals surface area contributed by atoms with Crippen LogP contribution in [0.15, 0.2) is 0 Å². The lowest BCUT2D eigenvalue weighted by molar-refractivity contribution is -0.142. The summed E-state index contributed by atoms with van der Waals surface area (Å²) in [6.45, 7) is 5.48. The fraction of sp³-hybridized carbons (Fsp3) is 0.773. The molecule has 4 amide bonds. The maximum atomic E-state index is 13.3. The number of methoxy groups -OCH3 is 1. The van der Waals surface area contributed by atoms with E-state index in [4.69, 9.17) is 4.74 Å². The Balaban J connectivity index is 2.05. The molecule has 2 atom stereocenters. The smallest absolute Gasteiger partial charge is 0.408 e. The van der Waals surface area contributed by atoms with Gasteiger partial charge in [-0.05, 0) is 60.5 Å². The predicted octanol–water partition coefficient (Wildman–Crippen LogP) is -0.630. The lowest BCUT2D eigenvalue weighted by Crippen LogP contribution is -2.59. The van der Waals surface area contributed by atoms with Gasteiger partial charge in [-0.3, -0.25) is 19.2 Å². The topological polar surface area (TPSA) is 146 Å². The minimum absolute atomic E-state index is 0.225. The molecular formula is C22H37N5O7. The molecule has 0 unspecified atom stereocenters. The average molecular weight is 484 g/mol. The van der Waals surface area contributed by atoms with Crippen molar-refractivity contribution in [2.24, 2.45) is 0 Å². The number of nitrogens with one attached hydrogen (secondary N) is 3. The van der Waals surface area contributed by atoms with Gasteiger partial charge in [-0.25, -0.2) is 4.79 Å². The highest BCUT2D eigenvalue weighted by molar-refractivity contribution is 5.98. The third-order valence-corrected chi connectivity index (χ3v) is 5.54. The summed E-state index contributed by atoms with van der Waals surface area (Å²) >= 11 is 0. The van der Waals surface area contributed by atoms with Crippen molar-refractivity contribution in [2.75, 3.05) is 40.8 Å². The van der Waals surface area contributed by atoms with Gasteiger partial charge in [0, 0.05) is 13.1 Å². The Morgan fingerprint density at radius 1 is 1.15 bits per heavy atom. The van der Waals surface area contributed by atoms with E-state index in [0.717, 1.165) is 0 Å². The number of rotatable bonds is 9. The summed E-state index contributed by atoms with van der Waals surface area (Å²) in [5, 5.41) is 7.86. The van der Waals surface area contributed by atoms with Crippen LogP contribution in [-0.2, 0) is 28.7 Å². The molecule has 0 aromatic heterocycles. The van der Waals surface area contributed by atoms with Crippen molar-refractivity contribution in [1.82, 2.24) is 25.8 Å². The third kappa shape index (κ3) is 7.57. The second-order valence-electron chi connectivity index (χ2n) is 9.98. The minimum atomic E-state index is -1.08. The van der Waals surface area contributed by atoms with E-state index in [1.807, 2.05) is 0 Å². The molecule has 34 heavy (non-hydrogen) atoms. The first-order valence-electron chi connectivity index (χ1n) is 11.4. The molecule has 192 valence electrons. The number of nitrogens with zero attached hydrogens (tertiary/aromatic N) is 2. The number of likely N-dealkylation sites (tertiary alicyclic amines) is 1. The van der Waals surface area contributed by atoms with Crippen molar-refractivity contribution in [3.8, 4) is 0 Å². The van der Waals surface area contributed by atoms with Gasteiger partial charge in [0.05, 0.1) is 7.11 Å². The molecule has 12 heteroatoms. The minimum Gasteiger partial charge on any atom is -0.468 e. The van der Waals surface area contributed by atoms with Crippen LogP contribution in [0.25, 0.3) is 0 Å². The molecular weight excluding hydrogens is 446 g/mol. The molecule has 0 aromatic rings. The molecule has 1 saturated carbocycles. The van der Waals surface area contributed by atoms with Crippen LogP contribution in [0, 0.1) is 0 Å². The monoisotopic (exact) mass is 483 g/mol. The summed E-state index contributed by atoms with van der Waals surface area (Å²) in [6.07, 6.45) is 1.23. The number of alkyl carbamates (subject to hydrolysis) is 1. The molecule has 2 fully saturated rings. The lowest BCUT2D eigenvalue weighted by atomic mass is 10.1. The molecule has 1 heterocycles. The van der Waals surface area contributed by atoms with Crippen LogP contribution in [0.2, 0.25) is 0 Å². The third-order valence-electron chi connectivity index (χ3n) is 5.54. The van der Waals surface area contributed by atoms with Crippen LogP contribution in [0.4, 0.5) is 4.79 Å². The Bertz CT molecular complexity index is 804. The van der Waals surface area contributed by atoms with Gasteiger partial charge in [0.1, 0.15) is 29.8 Å². The van der Waals surface area contributed by atoms with Crippen LogP contribution in [-0.4, -0.2) is 104 Å². The van der Waals surface area contributed by atoms with Gasteiger partial charge in [0.25, 0.3) is 0 Å². The number of amides is 4.